The molecule has 0 aromatic heterocycles. The molecule has 3 aromatic rings. The minimum atomic E-state index is -4.68. The summed E-state index contributed by atoms with van der Waals surface area (Å²) in [6, 6.07) is 26.7. The van der Waals surface area contributed by atoms with E-state index in [1.807, 2.05) is 0 Å². The molecule has 0 bridgehead atoms. The molecule has 2 unspecified atom stereocenters. The Morgan fingerprint density at radius 1 is 0.793 bits per heavy atom. The summed E-state index contributed by atoms with van der Waals surface area (Å²) in [7, 11) is 16.0. The maximum absolute atomic E-state index is 7.99. The fraction of sp³-hybridized carbons (Fsp3) is 0.167. The molecule has 0 saturated heterocycles. The molecule has 2 aliphatic rings. The van der Waals surface area contributed by atoms with E-state index in [0.717, 1.165) is 6.04 Å². The number of fused-ring (bicyclic) bond motifs is 4. The van der Waals surface area contributed by atoms with Crippen molar-refractivity contribution in [3.63, 3.8) is 0 Å². The van der Waals surface area contributed by atoms with Gasteiger partial charge in [0, 0.05) is 0 Å². The quantitative estimate of drug-likeness (QED) is 0.234. The molecule has 0 amide bonds. The van der Waals surface area contributed by atoms with Gasteiger partial charge in [0.2, 0.25) is 0 Å². The molecule has 2 atom stereocenters. The number of benzene rings is 3. The van der Waals surface area contributed by atoms with Gasteiger partial charge in [0.1, 0.15) is 0 Å². The third-order valence-electron chi connectivity index (χ3n) is 6.74. The summed E-state index contributed by atoms with van der Waals surface area (Å²) in [4.78, 5) is 0. The second kappa shape index (κ2) is 7.21. The molecule has 147 valence electrons. The number of halogens is 3. The number of rotatable bonds is 4. The van der Waals surface area contributed by atoms with Crippen molar-refractivity contribution in [2.24, 2.45) is 0 Å². The molecule has 29 heavy (non-hydrogen) atoms. The van der Waals surface area contributed by atoms with Crippen LogP contribution in [0.25, 0.3) is 17.2 Å². The Morgan fingerprint density at radius 2 is 1.31 bits per heavy atom. The summed E-state index contributed by atoms with van der Waals surface area (Å²) in [5, 5.41) is -1.95. The van der Waals surface area contributed by atoms with Crippen LogP contribution in [0.1, 0.15) is 36.4 Å². The van der Waals surface area contributed by atoms with Gasteiger partial charge in [-0.15, -0.1) is 0 Å². The predicted molar refractivity (Wildman–Crippen MR) is 127 cm³/mol. The molecular formula is C24H22Cl3SiZr. The first kappa shape index (κ1) is 20.3. The van der Waals surface area contributed by atoms with E-state index in [0.29, 0.717) is 0 Å². The van der Waals surface area contributed by atoms with Crippen molar-refractivity contribution >= 4 is 39.4 Å². The van der Waals surface area contributed by atoms with Gasteiger partial charge in [-0.05, 0) is 0 Å². The monoisotopic (exact) mass is 533 g/mol. The number of hydrogen-bond donors (Lipinski definition) is 0. The first-order valence-electron chi connectivity index (χ1n) is 10.1. The van der Waals surface area contributed by atoms with Crippen molar-refractivity contribution in [2.45, 2.75) is 20.2 Å². The van der Waals surface area contributed by atoms with Gasteiger partial charge in [-0.3, -0.25) is 0 Å². The van der Waals surface area contributed by atoms with Crippen LogP contribution >= 0.6 is 28.1 Å². The van der Waals surface area contributed by atoms with Crippen LogP contribution < -0.4 is 0 Å². The van der Waals surface area contributed by atoms with Crippen LogP contribution in [0.5, 0.6) is 0 Å². The standard InChI is InChI=1S/C13H9.C9H7.C2H6ClSi.2ClH.Zr/c1-3-7-12-10(5-1)9-11-6-2-4-8-13(11)12;1-2-5-9-7-3-6-8(9)4-1;1-2-4-3;;;/h1-9H;1-7H;4H,2H2,1H3;2*1H;/q;;;;;+2/p-2. The Morgan fingerprint density at radius 3 is 1.90 bits per heavy atom. The molecule has 0 heterocycles. The van der Waals surface area contributed by atoms with E-state index in [1.165, 1.54) is 33.4 Å². The maximum atomic E-state index is 7.99. The van der Waals surface area contributed by atoms with Gasteiger partial charge in [-0.1, -0.05) is 0 Å². The van der Waals surface area contributed by atoms with E-state index in [4.69, 9.17) is 28.1 Å². The topological polar surface area (TPSA) is 0 Å². The Bertz CT molecular complexity index is 1090. The predicted octanol–water partition coefficient (Wildman–Crippen LogP) is 8.00. The Kier molecular flexibility index (Phi) is 5.04. The minimum absolute atomic E-state index is 0.0297. The molecule has 0 radical (unpaired) electrons. The second-order valence-corrected chi connectivity index (χ2v) is 51.1. The van der Waals surface area contributed by atoms with Crippen LogP contribution in [0.2, 0.25) is 6.04 Å². The molecule has 3 aromatic carbocycles. The second-order valence-electron chi connectivity index (χ2n) is 8.18. The van der Waals surface area contributed by atoms with E-state index in [2.05, 4.69) is 91.9 Å². The molecule has 5 rings (SSSR count). The Balaban J connectivity index is 1.82. The number of hydrogen-bond acceptors (Lipinski definition) is 0. The Hall–Kier alpha value is -0.630. The zero-order chi connectivity index (χ0) is 20.2. The first-order chi connectivity index (χ1) is 14.0. The zero-order valence-electron chi connectivity index (χ0n) is 16.2. The van der Waals surface area contributed by atoms with Crippen molar-refractivity contribution in [1.82, 2.24) is 0 Å². The Labute approximate surface area is 186 Å². The molecular weight excluding hydrogens is 514 g/mol. The van der Waals surface area contributed by atoms with Gasteiger partial charge in [-0.2, -0.15) is 0 Å². The molecule has 5 heteroatoms. The zero-order valence-corrected chi connectivity index (χ0v) is 22.0. The molecule has 2 aliphatic carbocycles. The average Bonchev–Trinajstić information content (AvgIpc) is 3.34. The molecule has 0 spiro atoms. The molecule has 0 fully saturated rings. The third kappa shape index (κ3) is 2.80. The molecule has 0 aliphatic heterocycles. The van der Waals surface area contributed by atoms with Crippen LogP contribution in [-0.4, -0.2) is 5.23 Å². The summed E-state index contributed by atoms with van der Waals surface area (Å²) in [5.74, 6) is 0. The van der Waals surface area contributed by atoms with Crippen LogP contribution in [0.3, 0.4) is 0 Å². The van der Waals surface area contributed by atoms with Crippen LogP contribution in [0, 0.1) is 0 Å². The SMILES string of the molecule is CC[SiH](Cl)[Zr]([Cl])([Cl])([CH]1C=Cc2ccccc21)[CH]1c2ccccc2-c2ccccc21. The van der Waals surface area contributed by atoms with Crippen LogP contribution in [0.15, 0.2) is 78.9 Å². The first-order valence-corrected chi connectivity index (χ1v) is 26.7. The normalized spacial score (nSPS) is 19.9. The summed E-state index contributed by atoms with van der Waals surface area (Å²) in [6.45, 7) is 2.17. The fourth-order valence-corrected chi connectivity index (χ4v) is 45.5. The van der Waals surface area contributed by atoms with Crippen molar-refractivity contribution in [1.29, 1.82) is 0 Å². The van der Waals surface area contributed by atoms with Gasteiger partial charge in [-0.25, -0.2) is 0 Å². The van der Waals surface area contributed by atoms with Crippen LogP contribution in [-0.2, 0) is 15.6 Å². The van der Waals surface area contributed by atoms with Crippen LogP contribution in [0.4, 0.5) is 0 Å². The summed E-state index contributed by atoms with van der Waals surface area (Å²) >= 11 is 2.63. The molecule has 0 saturated carbocycles. The van der Waals surface area contributed by atoms with E-state index in [-0.39, 0.29) is 7.25 Å². The molecule has 0 N–H and O–H groups in total. The van der Waals surface area contributed by atoms with Gasteiger partial charge in [0.15, 0.2) is 0 Å². The van der Waals surface area contributed by atoms with E-state index in [9.17, 15) is 0 Å². The summed E-state index contributed by atoms with van der Waals surface area (Å²) < 4.78 is 0.0800. The van der Waals surface area contributed by atoms with Crippen molar-refractivity contribution in [3.8, 4) is 11.1 Å². The fourth-order valence-electron chi connectivity index (χ4n) is 5.43. The van der Waals surface area contributed by atoms with Crippen molar-refractivity contribution in [2.75, 3.05) is 0 Å². The van der Waals surface area contributed by atoms with Gasteiger partial charge in [0.25, 0.3) is 0 Å². The summed E-state index contributed by atoms with van der Waals surface area (Å²) in [5.41, 5.74) is 7.56. The van der Waals surface area contributed by atoms with Gasteiger partial charge < -0.3 is 0 Å². The van der Waals surface area contributed by atoms with Gasteiger partial charge in [0.05, 0.1) is 0 Å². The molecule has 0 nitrogen and oxygen atoms in total. The summed E-state index contributed by atoms with van der Waals surface area (Å²) in [6.07, 6.45) is 4.45. The van der Waals surface area contributed by atoms with Crippen molar-refractivity contribution < 1.29 is 15.6 Å². The average molecular weight is 536 g/mol. The third-order valence-corrected chi connectivity index (χ3v) is 60.9. The van der Waals surface area contributed by atoms with E-state index >= 15 is 0 Å². The van der Waals surface area contributed by atoms with E-state index in [1.54, 1.807) is 0 Å². The van der Waals surface area contributed by atoms with E-state index < -0.39 is 20.8 Å². The van der Waals surface area contributed by atoms with Crippen molar-refractivity contribution in [3.05, 3.63) is 101 Å². The number of allylic oxidation sites excluding steroid dienone is 1. The van der Waals surface area contributed by atoms with Gasteiger partial charge >= 0.3 is 187 Å².